The van der Waals surface area contributed by atoms with Crippen LogP contribution in [-0.4, -0.2) is 59.9 Å². The molecule has 7 heteroatoms. The highest BCUT2D eigenvalue weighted by Crippen LogP contribution is 2.15. The van der Waals surface area contributed by atoms with Crippen LogP contribution in [0.25, 0.3) is 0 Å². The van der Waals surface area contributed by atoms with E-state index in [2.05, 4.69) is 32.5 Å². The average Bonchev–Trinajstić information content (AvgIpc) is 3.13. The molecule has 1 unspecified atom stereocenters. The zero-order valence-corrected chi connectivity index (χ0v) is 15.3. The zero-order valence-electron chi connectivity index (χ0n) is 13.0. The maximum absolute atomic E-state index is 4.26. The van der Waals surface area contributed by atoms with Crippen molar-refractivity contribution >= 4 is 29.9 Å². The minimum absolute atomic E-state index is 0. The van der Waals surface area contributed by atoms with Crippen molar-refractivity contribution in [3.8, 4) is 0 Å². The summed E-state index contributed by atoms with van der Waals surface area (Å²) in [5.41, 5.74) is 0. The minimum atomic E-state index is 0. The Morgan fingerprint density at radius 2 is 2.29 bits per heavy atom. The maximum atomic E-state index is 4.26. The van der Waals surface area contributed by atoms with E-state index in [0.717, 1.165) is 32.1 Å². The highest BCUT2D eigenvalue weighted by Gasteiger charge is 2.22. The van der Waals surface area contributed by atoms with Gasteiger partial charge in [0, 0.05) is 38.6 Å². The second kappa shape index (κ2) is 9.99. The Hall–Kier alpha value is -0.830. The molecule has 1 saturated heterocycles. The molecule has 2 N–H and O–H groups in total. The van der Waals surface area contributed by atoms with Crippen LogP contribution in [0.1, 0.15) is 19.8 Å². The van der Waals surface area contributed by atoms with E-state index in [4.69, 9.17) is 0 Å². The summed E-state index contributed by atoms with van der Waals surface area (Å²) < 4.78 is 1.91. The molecule has 21 heavy (non-hydrogen) atoms. The summed E-state index contributed by atoms with van der Waals surface area (Å²) in [6, 6.07) is 2.58. The fraction of sp³-hybridized carbons (Fsp3) is 0.714. The van der Waals surface area contributed by atoms with Crippen molar-refractivity contribution in [2.45, 2.75) is 32.4 Å². The Labute approximate surface area is 144 Å². The molecule has 120 valence electrons. The Bertz CT molecular complexity index is 406. The van der Waals surface area contributed by atoms with Gasteiger partial charge in [-0.15, -0.1) is 24.0 Å². The number of rotatable bonds is 6. The van der Waals surface area contributed by atoms with Gasteiger partial charge in [0.05, 0.1) is 6.54 Å². The highest BCUT2D eigenvalue weighted by atomic mass is 127. The van der Waals surface area contributed by atoms with Gasteiger partial charge < -0.3 is 10.6 Å². The second-order valence-electron chi connectivity index (χ2n) is 5.07. The second-order valence-corrected chi connectivity index (χ2v) is 5.07. The van der Waals surface area contributed by atoms with E-state index in [9.17, 15) is 0 Å². The lowest BCUT2D eigenvalue weighted by atomic mass is 10.2. The van der Waals surface area contributed by atoms with Gasteiger partial charge in [0.1, 0.15) is 0 Å². The quantitative estimate of drug-likeness (QED) is 0.423. The first-order chi connectivity index (χ1) is 9.83. The summed E-state index contributed by atoms with van der Waals surface area (Å²) in [6.07, 6.45) is 6.36. The molecule has 0 radical (unpaired) electrons. The molecule has 0 aromatic carbocycles. The third-order valence-corrected chi connectivity index (χ3v) is 3.83. The van der Waals surface area contributed by atoms with E-state index >= 15 is 0 Å². The van der Waals surface area contributed by atoms with Crippen LogP contribution in [0.15, 0.2) is 23.5 Å². The van der Waals surface area contributed by atoms with Gasteiger partial charge in [-0.05, 0) is 32.0 Å². The number of hydrogen-bond donors (Lipinski definition) is 2. The van der Waals surface area contributed by atoms with Crippen LogP contribution in [0.2, 0.25) is 0 Å². The molecule has 1 fully saturated rings. The lowest BCUT2D eigenvalue weighted by Gasteiger charge is -2.23. The Balaban J connectivity index is 0.00000220. The number of guanidine groups is 1. The van der Waals surface area contributed by atoms with E-state index in [0.29, 0.717) is 6.04 Å². The van der Waals surface area contributed by atoms with Gasteiger partial charge >= 0.3 is 0 Å². The normalized spacial score (nSPS) is 19.3. The lowest BCUT2D eigenvalue weighted by molar-refractivity contribution is 0.267. The van der Waals surface area contributed by atoms with E-state index in [1.807, 2.05) is 24.0 Å². The van der Waals surface area contributed by atoms with Crippen molar-refractivity contribution in [2.75, 3.05) is 33.2 Å². The van der Waals surface area contributed by atoms with Crippen LogP contribution in [0, 0.1) is 0 Å². The van der Waals surface area contributed by atoms with Gasteiger partial charge in [0.25, 0.3) is 0 Å². The van der Waals surface area contributed by atoms with Crippen molar-refractivity contribution in [1.82, 2.24) is 25.3 Å². The summed E-state index contributed by atoms with van der Waals surface area (Å²) in [6.45, 7) is 7.23. The predicted molar refractivity (Wildman–Crippen MR) is 97.3 cm³/mol. The maximum Gasteiger partial charge on any atom is 0.191 e. The molecule has 1 aromatic rings. The van der Waals surface area contributed by atoms with Gasteiger partial charge in [-0.2, -0.15) is 5.10 Å². The number of likely N-dealkylation sites (N-methyl/N-ethyl adjacent to an activating group) is 1. The zero-order chi connectivity index (χ0) is 14.2. The fourth-order valence-electron chi connectivity index (χ4n) is 2.70. The molecule has 0 bridgehead atoms. The van der Waals surface area contributed by atoms with Gasteiger partial charge in [-0.3, -0.25) is 14.6 Å². The van der Waals surface area contributed by atoms with E-state index in [-0.39, 0.29) is 24.0 Å². The highest BCUT2D eigenvalue weighted by molar-refractivity contribution is 14.0. The van der Waals surface area contributed by atoms with Gasteiger partial charge in [-0.25, -0.2) is 0 Å². The fourth-order valence-corrected chi connectivity index (χ4v) is 2.70. The number of nitrogens with one attached hydrogen (secondary N) is 2. The van der Waals surface area contributed by atoms with Crippen LogP contribution >= 0.6 is 24.0 Å². The molecule has 2 rings (SSSR count). The predicted octanol–water partition coefficient (Wildman–Crippen LogP) is 1.15. The summed E-state index contributed by atoms with van der Waals surface area (Å²) in [5, 5.41) is 10.9. The largest absolute Gasteiger partial charge is 0.355 e. The molecule has 1 aromatic heterocycles. The molecular formula is C14H27IN6. The molecule has 1 aliphatic heterocycles. The molecule has 1 atom stereocenters. The molecule has 0 saturated carbocycles. The Morgan fingerprint density at radius 1 is 1.43 bits per heavy atom. The SMILES string of the molecule is CCN1CCCC1CNC(=NC)NCCn1cccn1.I. The van der Waals surface area contributed by atoms with E-state index in [1.165, 1.54) is 19.4 Å². The summed E-state index contributed by atoms with van der Waals surface area (Å²) in [4.78, 5) is 6.80. The monoisotopic (exact) mass is 406 g/mol. The lowest BCUT2D eigenvalue weighted by Crippen LogP contribution is -2.45. The van der Waals surface area contributed by atoms with Crippen molar-refractivity contribution in [1.29, 1.82) is 0 Å². The Morgan fingerprint density at radius 3 is 2.95 bits per heavy atom. The molecule has 6 nitrogen and oxygen atoms in total. The molecule has 0 spiro atoms. The number of nitrogens with zero attached hydrogens (tertiary/aromatic N) is 4. The average molecular weight is 406 g/mol. The third-order valence-electron chi connectivity index (χ3n) is 3.83. The number of halogens is 1. The summed E-state index contributed by atoms with van der Waals surface area (Å²) in [7, 11) is 1.81. The van der Waals surface area contributed by atoms with Crippen LogP contribution in [0.4, 0.5) is 0 Å². The minimum Gasteiger partial charge on any atom is -0.355 e. The Kier molecular flexibility index (Phi) is 8.67. The molecule has 0 amide bonds. The molecular weight excluding hydrogens is 379 g/mol. The summed E-state index contributed by atoms with van der Waals surface area (Å²) in [5.74, 6) is 0.875. The first-order valence-corrected chi connectivity index (χ1v) is 7.49. The van der Waals surface area contributed by atoms with Crippen molar-refractivity contribution in [3.05, 3.63) is 18.5 Å². The number of aromatic nitrogens is 2. The number of likely N-dealkylation sites (tertiary alicyclic amines) is 1. The van der Waals surface area contributed by atoms with Crippen LogP contribution in [0.3, 0.4) is 0 Å². The van der Waals surface area contributed by atoms with Crippen LogP contribution in [-0.2, 0) is 6.54 Å². The number of aliphatic imine (C=N–C) groups is 1. The van der Waals surface area contributed by atoms with Crippen molar-refractivity contribution in [3.63, 3.8) is 0 Å². The van der Waals surface area contributed by atoms with Gasteiger partial charge in [0.15, 0.2) is 5.96 Å². The van der Waals surface area contributed by atoms with E-state index in [1.54, 1.807) is 6.20 Å². The van der Waals surface area contributed by atoms with Crippen LogP contribution < -0.4 is 10.6 Å². The smallest absolute Gasteiger partial charge is 0.191 e. The third kappa shape index (κ3) is 5.82. The standard InChI is InChI=1S/C14H26N6.HI/c1-3-19-9-4-6-13(19)12-17-14(15-2)16-8-11-20-10-5-7-18-20;/h5,7,10,13H,3-4,6,8-9,11-12H2,1-2H3,(H2,15,16,17);1H. The summed E-state index contributed by atoms with van der Waals surface area (Å²) >= 11 is 0. The van der Waals surface area contributed by atoms with Gasteiger partial charge in [-0.1, -0.05) is 6.92 Å². The topological polar surface area (TPSA) is 57.5 Å². The first-order valence-electron chi connectivity index (χ1n) is 7.49. The van der Waals surface area contributed by atoms with E-state index < -0.39 is 0 Å². The van der Waals surface area contributed by atoms with Crippen molar-refractivity contribution in [2.24, 2.45) is 4.99 Å². The molecule has 1 aliphatic rings. The van der Waals surface area contributed by atoms with Crippen molar-refractivity contribution < 1.29 is 0 Å². The molecule has 0 aliphatic carbocycles. The first kappa shape index (κ1) is 18.2. The van der Waals surface area contributed by atoms with Crippen LogP contribution in [0.5, 0.6) is 0 Å². The molecule has 2 heterocycles. The van der Waals surface area contributed by atoms with Gasteiger partial charge in [0.2, 0.25) is 0 Å². The number of hydrogen-bond acceptors (Lipinski definition) is 3.